The van der Waals surface area contributed by atoms with E-state index in [4.69, 9.17) is 10.4 Å². The first-order valence-corrected chi connectivity index (χ1v) is 5.24. The molecule has 0 heterocycles. The molecule has 0 saturated heterocycles. The largest absolute Gasteiger partial charge is 0.394 e. The van der Waals surface area contributed by atoms with E-state index in [1.54, 1.807) is 12.1 Å². The van der Waals surface area contributed by atoms with E-state index in [1.165, 1.54) is 6.07 Å². The molecule has 1 aromatic carbocycles. The van der Waals surface area contributed by atoms with E-state index >= 15 is 0 Å². The number of nitrogens with zero attached hydrogens (tertiary/aromatic N) is 1. The highest BCUT2D eigenvalue weighted by atomic mass is 19.1. The monoisotopic (exact) mass is 220 g/mol. The Labute approximate surface area is 93.5 Å². The van der Waals surface area contributed by atoms with Crippen molar-refractivity contribution in [1.82, 2.24) is 5.32 Å². The molecule has 2 rings (SSSR count). The molecule has 2 N–H and O–H groups in total. The minimum Gasteiger partial charge on any atom is -0.394 e. The average molecular weight is 220 g/mol. The number of aliphatic hydroxyl groups excluding tert-OH is 1. The van der Waals surface area contributed by atoms with Crippen LogP contribution in [0.1, 0.15) is 24.0 Å². The molecule has 4 heteroatoms. The van der Waals surface area contributed by atoms with Crippen molar-refractivity contribution >= 4 is 0 Å². The Morgan fingerprint density at radius 1 is 1.50 bits per heavy atom. The Morgan fingerprint density at radius 3 is 2.81 bits per heavy atom. The third kappa shape index (κ3) is 2.06. The van der Waals surface area contributed by atoms with E-state index in [-0.39, 0.29) is 17.7 Å². The summed E-state index contributed by atoms with van der Waals surface area (Å²) in [7, 11) is 0. The molecule has 1 fully saturated rings. The number of nitriles is 1. The molecule has 0 spiro atoms. The van der Waals surface area contributed by atoms with Gasteiger partial charge in [0.1, 0.15) is 11.9 Å². The highest BCUT2D eigenvalue weighted by molar-refractivity contribution is 5.35. The fraction of sp³-hybridized carbons (Fsp3) is 0.417. The number of aliphatic hydroxyl groups is 1. The predicted octanol–water partition coefficient (Wildman–Crippen LogP) is 1.31. The van der Waals surface area contributed by atoms with Gasteiger partial charge in [-0.25, -0.2) is 4.39 Å². The number of rotatable bonds is 4. The van der Waals surface area contributed by atoms with Crippen LogP contribution in [0.2, 0.25) is 0 Å². The number of nitrogens with one attached hydrogen (secondary N) is 1. The zero-order valence-electron chi connectivity index (χ0n) is 8.83. The summed E-state index contributed by atoms with van der Waals surface area (Å²) in [5.41, 5.74) is 0.321. The van der Waals surface area contributed by atoms with Gasteiger partial charge in [-0.05, 0) is 18.9 Å². The fourth-order valence-electron chi connectivity index (χ4n) is 1.63. The number of hydrogen-bond acceptors (Lipinski definition) is 3. The second kappa shape index (κ2) is 4.20. The minimum atomic E-state index is -0.466. The summed E-state index contributed by atoms with van der Waals surface area (Å²) in [4.78, 5) is 0. The second-order valence-electron chi connectivity index (χ2n) is 4.18. The van der Waals surface area contributed by atoms with Crippen LogP contribution in [0.4, 0.5) is 4.39 Å². The van der Waals surface area contributed by atoms with E-state index < -0.39 is 5.82 Å². The van der Waals surface area contributed by atoms with Crippen LogP contribution in [0.5, 0.6) is 0 Å². The van der Waals surface area contributed by atoms with Gasteiger partial charge in [-0.15, -0.1) is 0 Å². The second-order valence-corrected chi connectivity index (χ2v) is 4.18. The lowest BCUT2D eigenvalue weighted by Crippen LogP contribution is -2.34. The zero-order valence-corrected chi connectivity index (χ0v) is 8.83. The summed E-state index contributed by atoms with van der Waals surface area (Å²) in [6.07, 6.45) is 1.84. The van der Waals surface area contributed by atoms with Crippen LogP contribution in [0.3, 0.4) is 0 Å². The number of benzene rings is 1. The molecule has 1 aromatic rings. The quantitative estimate of drug-likeness (QED) is 0.804. The lowest BCUT2D eigenvalue weighted by Gasteiger charge is -2.14. The first kappa shape index (κ1) is 11.1. The summed E-state index contributed by atoms with van der Waals surface area (Å²) in [5.74, 6) is -0.466. The van der Waals surface area contributed by atoms with Crippen molar-refractivity contribution < 1.29 is 9.50 Å². The van der Waals surface area contributed by atoms with Crippen LogP contribution >= 0.6 is 0 Å². The molecule has 1 aliphatic rings. The van der Waals surface area contributed by atoms with Gasteiger partial charge in [0.15, 0.2) is 0 Å². The van der Waals surface area contributed by atoms with E-state index in [0.29, 0.717) is 12.1 Å². The van der Waals surface area contributed by atoms with Crippen LogP contribution in [0.15, 0.2) is 18.2 Å². The summed E-state index contributed by atoms with van der Waals surface area (Å²) in [6, 6.07) is 6.58. The zero-order chi connectivity index (χ0) is 11.6. The van der Waals surface area contributed by atoms with Gasteiger partial charge in [0.05, 0.1) is 12.2 Å². The molecule has 3 nitrogen and oxygen atoms in total. The van der Waals surface area contributed by atoms with Gasteiger partial charge in [-0.1, -0.05) is 12.1 Å². The maximum absolute atomic E-state index is 13.6. The Kier molecular flexibility index (Phi) is 2.90. The topological polar surface area (TPSA) is 56.0 Å². The highest BCUT2D eigenvalue weighted by Gasteiger charge is 2.41. The van der Waals surface area contributed by atoms with Gasteiger partial charge < -0.3 is 10.4 Å². The van der Waals surface area contributed by atoms with Crippen molar-refractivity contribution in [2.75, 3.05) is 6.61 Å². The molecule has 0 amide bonds. The SMILES string of the molecule is N#Cc1cccc(CNC2(CO)CC2)c1F. The molecule has 0 unspecified atom stereocenters. The molecule has 0 aliphatic heterocycles. The van der Waals surface area contributed by atoms with Gasteiger partial charge >= 0.3 is 0 Å². The number of halogens is 1. The van der Waals surface area contributed by atoms with Crippen LogP contribution < -0.4 is 5.32 Å². The van der Waals surface area contributed by atoms with E-state index in [2.05, 4.69) is 5.32 Å². The van der Waals surface area contributed by atoms with Gasteiger partial charge in [-0.2, -0.15) is 5.26 Å². The summed E-state index contributed by atoms with van der Waals surface area (Å²) in [6.45, 7) is 0.425. The van der Waals surface area contributed by atoms with Crippen molar-refractivity contribution in [2.45, 2.75) is 24.9 Å². The van der Waals surface area contributed by atoms with Crippen LogP contribution in [0.25, 0.3) is 0 Å². The normalized spacial score (nSPS) is 16.8. The van der Waals surface area contributed by atoms with Crippen molar-refractivity contribution in [1.29, 1.82) is 5.26 Å². The highest BCUT2D eigenvalue weighted by Crippen LogP contribution is 2.34. The predicted molar refractivity (Wildman–Crippen MR) is 57.0 cm³/mol. The summed E-state index contributed by atoms with van der Waals surface area (Å²) in [5, 5.41) is 20.9. The maximum Gasteiger partial charge on any atom is 0.145 e. The molecule has 1 aliphatic carbocycles. The standard InChI is InChI=1S/C12H13FN2O/c13-11-9(6-14)2-1-3-10(11)7-15-12(8-16)4-5-12/h1-3,15-16H,4-5,7-8H2. The minimum absolute atomic E-state index is 0.0631. The van der Waals surface area contributed by atoms with E-state index in [1.807, 2.05) is 6.07 Å². The third-order valence-corrected chi connectivity index (χ3v) is 3.01. The molecule has 84 valence electrons. The Bertz CT molecular complexity index is 435. The van der Waals surface area contributed by atoms with E-state index in [0.717, 1.165) is 12.8 Å². The molecular weight excluding hydrogens is 207 g/mol. The van der Waals surface area contributed by atoms with Crippen molar-refractivity contribution in [3.8, 4) is 6.07 Å². The molecule has 0 atom stereocenters. The van der Waals surface area contributed by atoms with Crippen molar-refractivity contribution in [2.24, 2.45) is 0 Å². The first-order chi connectivity index (χ1) is 7.71. The Hall–Kier alpha value is -1.44. The first-order valence-electron chi connectivity index (χ1n) is 5.24. The summed E-state index contributed by atoms with van der Waals surface area (Å²) < 4.78 is 13.6. The molecule has 1 saturated carbocycles. The van der Waals surface area contributed by atoms with Gasteiger partial charge in [-0.3, -0.25) is 0 Å². The third-order valence-electron chi connectivity index (χ3n) is 3.01. The number of hydrogen-bond donors (Lipinski definition) is 2. The molecule has 0 aromatic heterocycles. The van der Waals surface area contributed by atoms with Crippen LogP contribution in [0, 0.1) is 17.1 Å². The van der Waals surface area contributed by atoms with E-state index in [9.17, 15) is 4.39 Å². The van der Waals surface area contributed by atoms with Crippen LogP contribution in [-0.2, 0) is 6.54 Å². The van der Waals surface area contributed by atoms with Crippen molar-refractivity contribution in [3.05, 3.63) is 35.1 Å². The van der Waals surface area contributed by atoms with Gasteiger partial charge in [0.25, 0.3) is 0 Å². The Morgan fingerprint density at radius 2 is 2.25 bits per heavy atom. The fourth-order valence-corrected chi connectivity index (χ4v) is 1.63. The van der Waals surface area contributed by atoms with Gasteiger partial charge in [0, 0.05) is 17.6 Å². The van der Waals surface area contributed by atoms with Gasteiger partial charge in [0.2, 0.25) is 0 Å². The summed E-state index contributed by atoms with van der Waals surface area (Å²) >= 11 is 0. The maximum atomic E-state index is 13.6. The lowest BCUT2D eigenvalue weighted by molar-refractivity contribution is 0.229. The Balaban J connectivity index is 2.08. The molecular formula is C12H13FN2O. The van der Waals surface area contributed by atoms with Crippen molar-refractivity contribution in [3.63, 3.8) is 0 Å². The lowest BCUT2D eigenvalue weighted by atomic mass is 10.1. The molecule has 0 radical (unpaired) electrons. The molecule has 16 heavy (non-hydrogen) atoms. The van der Waals surface area contributed by atoms with Crippen LogP contribution in [-0.4, -0.2) is 17.3 Å². The molecule has 0 bridgehead atoms. The smallest absolute Gasteiger partial charge is 0.145 e. The average Bonchev–Trinajstić information content (AvgIpc) is 3.08.